The second kappa shape index (κ2) is 7.92. The average Bonchev–Trinajstić information content (AvgIpc) is 3.13. The van der Waals surface area contributed by atoms with E-state index in [1.54, 1.807) is 12.1 Å². The number of carbonyl (C=O) groups is 1. The molecule has 0 aliphatic carbocycles. The molecule has 0 fully saturated rings. The van der Waals surface area contributed by atoms with Gasteiger partial charge in [-0.15, -0.1) is 11.3 Å². The maximum Gasteiger partial charge on any atom is 0.328 e. The molecule has 6 nitrogen and oxygen atoms in total. The Labute approximate surface area is 151 Å². The minimum Gasteiger partial charge on any atom is -0.351 e. The van der Waals surface area contributed by atoms with Crippen molar-refractivity contribution >= 4 is 17.2 Å². The minimum atomic E-state index is -0.638. The number of carbonyl (C=O) groups excluding carboxylic acids is 1. The van der Waals surface area contributed by atoms with Crippen LogP contribution in [0.1, 0.15) is 20.8 Å². The smallest absolute Gasteiger partial charge is 0.328 e. The van der Waals surface area contributed by atoms with Crippen LogP contribution in [0, 0.1) is 5.82 Å². The molecule has 0 saturated carbocycles. The number of aromatic amines is 1. The predicted molar refractivity (Wildman–Crippen MR) is 97.2 cm³/mol. The first-order chi connectivity index (χ1) is 12.5. The van der Waals surface area contributed by atoms with Crippen LogP contribution < -0.4 is 16.6 Å². The van der Waals surface area contributed by atoms with Crippen molar-refractivity contribution in [1.82, 2.24) is 14.9 Å². The summed E-state index contributed by atoms with van der Waals surface area (Å²) in [4.78, 5) is 39.9. The quantitative estimate of drug-likeness (QED) is 0.691. The predicted octanol–water partition coefficient (Wildman–Crippen LogP) is 1.76. The molecule has 3 aromatic rings. The molecule has 1 aromatic carbocycles. The Bertz CT molecular complexity index is 1010. The Morgan fingerprint density at radius 2 is 1.96 bits per heavy atom. The zero-order chi connectivity index (χ0) is 18.5. The van der Waals surface area contributed by atoms with E-state index in [1.807, 2.05) is 17.5 Å². The van der Waals surface area contributed by atoms with Crippen LogP contribution in [0.4, 0.5) is 4.39 Å². The summed E-state index contributed by atoms with van der Waals surface area (Å²) >= 11 is 1.42. The van der Waals surface area contributed by atoms with Crippen LogP contribution in [0.25, 0.3) is 0 Å². The van der Waals surface area contributed by atoms with E-state index in [9.17, 15) is 18.8 Å². The highest BCUT2D eigenvalue weighted by molar-refractivity contribution is 7.09. The molecule has 0 spiro atoms. The number of H-pyrrole nitrogens is 1. The Morgan fingerprint density at radius 3 is 2.65 bits per heavy atom. The van der Waals surface area contributed by atoms with Gasteiger partial charge >= 0.3 is 5.69 Å². The highest BCUT2D eigenvalue weighted by Crippen LogP contribution is 2.08. The number of aromatic nitrogens is 2. The molecule has 26 heavy (non-hydrogen) atoms. The van der Waals surface area contributed by atoms with Crippen molar-refractivity contribution < 1.29 is 9.18 Å². The average molecular weight is 373 g/mol. The summed E-state index contributed by atoms with van der Waals surface area (Å²) in [6.45, 7) is 0.399. The largest absolute Gasteiger partial charge is 0.351 e. The SMILES string of the molecule is O=C(NCCc1ccc(F)cc1)c1c[nH]c(=O)n(Cc2cccs2)c1=O. The van der Waals surface area contributed by atoms with Gasteiger partial charge in [-0.25, -0.2) is 9.18 Å². The number of thiophene rings is 1. The van der Waals surface area contributed by atoms with Gasteiger partial charge in [-0.3, -0.25) is 14.2 Å². The van der Waals surface area contributed by atoms with Gasteiger partial charge in [-0.05, 0) is 35.6 Å². The van der Waals surface area contributed by atoms with Gasteiger partial charge in [-0.2, -0.15) is 0 Å². The Kier molecular flexibility index (Phi) is 5.43. The standard InChI is InChI=1S/C18H16FN3O3S/c19-13-5-3-12(4-6-13)7-8-20-16(23)15-10-21-18(25)22(17(15)24)11-14-2-1-9-26-14/h1-6,9-10H,7-8,11H2,(H,20,23)(H,21,25). The fourth-order valence-electron chi connectivity index (χ4n) is 2.44. The van der Waals surface area contributed by atoms with Crippen LogP contribution in [0.2, 0.25) is 0 Å². The number of amides is 1. The second-order valence-corrected chi connectivity index (χ2v) is 6.64. The molecular formula is C18H16FN3O3S. The maximum atomic E-state index is 12.9. The lowest BCUT2D eigenvalue weighted by Crippen LogP contribution is -2.41. The van der Waals surface area contributed by atoms with E-state index in [2.05, 4.69) is 10.3 Å². The van der Waals surface area contributed by atoms with Crippen LogP contribution in [0.5, 0.6) is 0 Å². The number of nitrogens with zero attached hydrogens (tertiary/aromatic N) is 1. The Hall–Kier alpha value is -3.00. The summed E-state index contributed by atoms with van der Waals surface area (Å²) in [6.07, 6.45) is 1.63. The maximum absolute atomic E-state index is 12.9. The third kappa shape index (κ3) is 4.15. The van der Waals surface area contributed by atoms with Crippen molar-refractivity contribution in [3.63, 3.8) is 0 Å². The Balaban J connectivity index is 1.70. The summed E-state index contributed by atoms with van der Waals surface area (Å²) in [7, 11) is 0. The molecule has 0 aliphatic rings. The van der Waals surface area contributed by atoms with Gasteiger partial charge in [-0.1, -0.05) is 18.2 Å². The molecule has 0 atom stereocenters. The van der Waals surface area contributed by atoms with Crippen LogP contribution in [0.3, 0.4) is 0 Å². The van der Waals surface area contributed by atoms with Crippen molar-refractivity contribution in [2.75, 3.05) is 6.54 Å². The molecule has 8 heteroatoms. The van der Waals surface area contributed by atoms with Gasteiger partial charge in [0.15, 0.2) is 0 Å². The number of hydrogen-bond donors (Lipinski definition) is 2. The van der Waals surface area contributed by atoms with Gasteiger partial charge in [0.25, 0.3) is 11.5 Å². The molecule has 1 amide bonds. The van der Waals surface area contributed by atoms with Crippen molar-refractivity contribution in [2.45, 2.75) is 13.0 Å². The molecular weight excluding hydrogens is 357 g/mol. The molecule has 0 radical (unpaired) electrons. The first-order valence-electron chi connectivity index (χ1n) is 7.92. The highest BCUT2D eigenvalue weighted by atomic mass is 32.1. The molecule has 2 heterocycles. The van der Waals surface area contributed by atoms with E-state index < -0.39 is 17.2 Å². The molecule has 0 saturated heterocycles. The van der Waals surface area contributed by atoms with E-state index in [4.69, 9.17) is 0 Å². The monoisotopic (exact) mass is 373 g/mol. The lowest BCUT2D eigenvalue weighted by molar-refractivity contribution is 0.0951. The highest BCUT2D eigenvalue weighted by Gasteiger charge is 2.14. The van der Waals surface area contributed by atoms with E-state index in [0.29, 0.717) is 6.42 Å². The number of halogens is 1. The number of hydrogen-bond acceptors (Lipinski definition) is 4. The molecule has 0 bridgehead atoms. The number of nitrogens with one attached hydrogen (secondary N) is 2. The second-order valence-electron chi connectivity index (χ2n) is 5.61. The molecule has 2 N–H and O–H groups in total. The topological polar surface area (TPSA) is 84.0 Å². The van der Waals surface area contributed by atoms with Crippen molar-refractivity contribution in [2.24, 2.45) is 0 Å². The van der Waals surface area contributed by atoms with E-state index >= 15 is 0 Å². The number of rotatable bonds is 6. The minimum absolute atomic E-state index is 0.114. The van der Waals surface area contributed by atoms with E-state index in [0.717, 1.165) is 21.2 Å². The van der Waals surface area contributed by atoms with Crippen molar-refractivity contribution in [1.29, 1.82) is 0 Å². The van der Waals surface area contributed by atoms with Gasteiger partial charge in [0, 0.05) is 17.6 Å². The molecule has 0 aliphatic heterocycles. The Morgan fingerprint density at radius 1 is 1.19 bits per heavy atom. The van der Waals surface area contributed by atoms with Crippen molar-refractivity contribution in [3.05, 3.63) is 90.6 Å². The lowest BCUT2D eigenvalue weighted by atomic mass is 10.1. The van der Waals surface area contributed by atoms with Gasteiger partial charge < -0.3 is 10.3 Å². The van der Waals surface area contributed by atoms with Crippen LogP contribution in [-0.2, 0) is 13.0 Å². The summed E-state index contributed by atoms with van der Waals surface area (Å²) < 4.78 is 13.9. The zero-order valence-corrected chi connectivity index (χ0v) is 14.5. The normalized spacial score (nSPS) is 10.7. The summed E-state index contributed by atoms with van der Waals surface area (Å²) in [5.74, 6) is -0.884. The van der Waals surface area contributed by atoms with Crippen molar-refractivity contribution in [3.8, 4) is 0 Å². The first kappa shape index (κ1) is 17.8. The molecule has 3 rings (SSSR count). The molecule has 2 aromatic heterocycles. The summed E-state index contributed by atoms with van der Waals surface area (Å²) in [5, 5.41) is 4.49. The number of benzene rings is 1. The third-order valence-corrected chi connectivity index (χ3v) is 4.67. The van der Waals surface area contributed by atoms with Gasteiger partial charge in [0.05, 0.1) is 6.54 Å². The van der Waals surface area contributed by atoms with Gasteiger partial charge in [0.1, 0.15) is 11.4 Å². The van der Waals surface area contributed by atoms with E-state index in [1.165, 1.54) is 23.5 Å². The zero-order valence-electron chi connectivity index (χ0n) is 13.7. The first-order valence-corrected chi connectivity index (χ1v) is 8.80. The van der Waals surface area contributed by atoms with Gasteiger partial charge in [0.2, 0.25) is 0 Å². The molecule has 134 valence electrons. The summed E-state index contributed by atoms with van der Waals surface area (Å²) in [6, 6.07) is 9.60. The van der Waals surface area contributed by atoms with Crippen LogP contribution >= 0.6 is 11.3 Å². The lowest BCUT2D eigenvalue weighted by Gasteiger charge is -2.07. The van der Waals surface area contributed by atoms with E-state index in [-0.39, 0.29) is 24.5 Å². The third-order valence-electron chi connectivity index (χ3n) is 3.81. The fourth-order valence-corrected chi connectivity index (χ4v) is 3.14. The summed E-state index contributed by atoms with van der Waals surface area (Å²) in [5.41, 5.74) is -0.462. The van der Waals surface area contributed by atoms with Crippen LogP contribution in [0.15, 0.2) is 57.6 Å². The molecule has 0 unspecified atom stereocenters. The fraction of sp³-hybridized carbons (Fsp3) is 0.167. The van der Waals surface area contributed by atoms with Crippen LogP contribution in [-0.4, -0.2) is 22.0 Å².